The summed E-state index contributed by atoms with van der Waals surface area (Å²) in [6, 6.07) is 14.7. The van der Waals surface area contributed by atoms with Crippen molar-refractivity contribution in [1.82, 2.24) is 0 Å². The van der Waals surface area contributed by atoms with Crippen molar-refractivity contribution in [2.75, 3.05) is 0 Å². The molecule has 2 unspecified atom stereocenters. The van der Waals surface area contributed by atoms with Gasteiger partial charge in [0.25, 0.3) is 0 Å². The minimum Gasteiger partial charge on any atom is -0.299 e. The first-order chi connectivity index (χ1) is 14.1. The number of ketones is 2. The second-order valence-corrected chi connectivity index (χ2v) is 11.0. The van der Waals surface area contributed by atoms with Gasteiger partial charge in [-0.3, -0.25) is 14.6 Å². The molecule has 2 aliphatic carbocycles. The first-order valence-corrected chi connectivity index (χ1v) is 11.0. The molecular formula is C27H29NO2. The SMILES string of the molecule is CC1(C)CC(=O)C2C(=NC3=C(C(=O)CC(C)(C)C3)C2c2ccc3ccccc3c2)C1. The number of fused-ring (bicyclic) bond motifs is 2. The average Bonchev–Trinajstić information content (AvgIpc) is 2.64. The Kier molecular flexibility index (Phi) is 4.19. The third-order valence-electron chi connectivity index (χ3n) is 6.97. The molecule has 0 N–H and O–H groups in total. The van der Waals surface area contributed by atoms with Crippen LogP contribution in [0.2, 0.25) is 0 Å². The molecule has 3 heteroatoms. The summed E-state index contributed by atoms with van der Waals surface area (Å²) >= 11 is 0. The molecule has 2 aromatic carbocycles. The number of benzene rings is 2. The van der Waals surface area contributed by atoms with E-state index >= 15 is 0 Å². The number of carbonyl (C=O) groups excluding carboxylic acids is 2. The van der Waals surface area contributed by atoms with E-state index < -0.39 is 0 Å². The van der Waals surface area contributed by atoms with E-state index in [1.165, 1.54) is 5.39 Å². The van der Waals surface area contributed by atoms with E-state index in [-0.39, 0.29) is 34.2 Å². The Balaban J connectivity index is 1.72. The van der Waals surface area contributed by atoms with Crippen molar-refractivity contribution in [1.29, 1.82) is 0 Å². The van der Waals surface area contributed by atoms with Gasteiger partial charge >= 0.3 is 0 Å². The van der Waals surface area contributed by atoms with E-state index in [0.29, 0.717) is 12.8 Å². The van der Waals surface area contributed by atoms with Gasteiger partial charge in [0.15, 0.2) is 5.78 Å². The van der Waals surface area contributed by atoms with Gasteiger partial charge in [-0.1, -0.05) is 70.2 Å². The zero-order valence-electron chi connectivity index (χ0n) is 18.3. The summed E-state index contributed by atoms with van der Waals surface area (Å²) in [6.45, 7) is 8.58. The third kappa shape index (κ3) is 3.15. The minimum absolute atomic E-state index is 0.0768. The van der Waals surface area contributed by atoms with Crippen molar-refractivity contribution in [3.8, 4) is 0 Å². The quantitative estimate of drug-likeness (QED) is 0.588. The van der Waals surface area contributed by atoms with Gasteiger partial charge in [-0.15, -0.1) is 0 Å². The first-order valence-electron chi connectivity index (χ1n) is 11.0. The zero-order valence-corrected chi connectivity index (χ0v) is 18.3. The summed E-state index contributed by atoms with van der Waals surface area (Å²) in [5, 5.41) is 2.32. The highest BCUT2D eigenvalue weighted by atomic mass is 16.1. The maximum atomic E-state index is 13.4. The molecule has 5 rings (SSSR count). The minimum atomic E-state index is -0.303. The highest BCUT2D eigenvalue weighted by Crippen LogP contribution is 2.51. The molecule has 3 aliphatic rings. The average molecular weight is 400 g/mol. The van der Waals surface area contributed by atoms with Crippen molar-refractivity contribution in [2.24, 2.45) is 21.7 Å². The van der Waals surface area contributed by atoms with E-state index in [0.717, 1.165) is 40.8 Å². The van der Waals surface area contributed by atoms with Crippen LogP contribution in [0.25, 0.3) is 10.8 Å². The van der Waals surface area contributed by atoms with Gasteiger partial charge in [0.2, 0.25) is 0 Å². The van der Waals surface area contributed by atoms with E-state index in [1.807, 2.05) is 12.1 Å². The predicted octanol–water partition coefficient (Wildman–Crippen LogP) is 6.03. The van der Waals surface area contributed by atoms with Crippen LogP contribution >= 0.6 is 0 Å². The summed E-state index contributed by atoms with van der Waals surface area (Å²) < 4.78 is 0. The van der Waals surface area contributed by atoms with Gasteiger partial charge in [-0.25, -0.2) is 0 Å². The molecule has 0 radical (unpaired) electrons. The fraction of sp³-hybridized carbons (Fsp3) is 0.444. The van der Waals surface area contributed by atoms with Crippen molar-refractivity contribution >= 4 is 28.1 Å². The van der Waals surface area contributed by atoms with Crippen LogP contribution < -0.4 is 0 Å². The molecule has 0 spiro atoms. The number of nitrogens with zero attached hydrogens (tertiary/aromatic N) is 1. The van der Waals surface area contributed by atoms with E-state index in [9.17, 15) is 9.59 Å². The maximum Gasteiger partial charge on any atom is 0.161 e. The highest BCUT2D eigenvalue weighted by Gasteiger charge is 2.49. The molecule has 0 amide bonds. The zero-order chi connectivity index (χ0) is 21.3. The largest absolute Gasteiger partial charge is 0.299 e. The standard InChI is InChI=1S/C27H29NO2/c1-26(2)12-19-24(21(29)14-26)23(18-10-9-16-7-5-6-8-17(16)11-18)25-20(28-19)13-27(3,4)15-22(25)30/h5-11,23-24H,12-15H2,1-4H3. The van der Waals surface area contributed by atoms with Crippen LogP contribution in [-0.2, 0) is 9.59 Å². The fourth-order valence-corrected chi connectivity index (χ4v) is 5.77. The van der Waals surface area contributed by atoms with E-state index in [2.05, 4.69) is 58.0 Å². The van der Waals surface area contributed by atoms with Crippen LogP contribution in [0.3, 0.4) is 0 Å². The van der Waals surface area contributed by atoms with E-state index in [1.54, 1.807) is 0 Å². The predicted molar refractivity (Wildman–Crippen MR) is 121 cm³/mol. The van der Waals surface area contributed by atoms with Crippen molar-refractivity contribution in [2.45, 2.75) is 59.3 Å². The van der Waals surface area contributed by atoms with Crippen molar-refractivity contribution < 1.29 is 9.59 Å². The van der Waals surface area contributed by atoms with Crippen LogP contribution in [0.1, 0.15) is 64.9 Å². The summed E-state index contributed by atoms with van der Waals surface area (Å²) in [7, 11) is 0. The van der Waals surface area contributed by atoms with Crippen LogP contribution in [0.15, 0.2) is 58.7 Å². The number of rotatable bonds is 1. The lowest BCUT2D eigenvalue weighted by Gasteiger charge is -2.44. The Labute approximate surface area is 178 Å². The lowest BCUT2D eigenvalue weighted by Crippen LogP contribution is -2.45. The third-order valence-corrected chi connectivity index (χ3v) is 6.97. The Hall–Kier alpha value is -2.55. The Morgan fingerprint density at radius 1 is 0.800 bits per heavy atom. The van der Waals surface area contributed by atoms with Gasteiger partial charge in [-0.2, -0.15) is 0 Å². The number of hydrogen-bond donors (Lipinski definition) is 0. The van der Waals surface area contributed by atoms with Gasteiger partial charge in [0, 0.05) is 35.7 Å². The molecular weight excluding hydrogens is 370 g/mol. The number of hydrogen-bond acceptors (Lipinski definition) is 3. The molecule has 1 saturated carbocycles. The molecule has 154 valence electrons. The van der Waals surface area contributed by atoms with Crippen LogP contribution in [0, 0.1) is 16.7 Å². The first kappa shape index (κ1) is 19.4. The number of carbonyl (C=O) groups is 2. The van der Waals surface area contributed by atoms with Crippen LogP contribution in [0.4, 0.5) is 0 Å². The molecule has 1 fully saturated rings. The number of aliphatic imine (C=N–C) groups is 1. The van der Waals surface area contributed by atoms with Crippen molar-refractivity contribution in [3.05, 3.63) is 59.3 Å². The van der Waals surface area contributed by atoms with Crippen molar-refractivity contribution in [3.63, 3.8) is 0 Å². The molecule has 1 heterocycles. The number of Topliss-reactive ketones (excluding diaryl/α,β-unsaturated/α-hetero) is 2. The summed E-state index contributed by atoms with van der Waals surface area (Å²) in [4.78, 5) is 31.8. The molecule has 30 heavy (non-hydrogen) atoms. The molecule has 3 nitrogen and oxygen atoms in total. The highest BCUT2D eigenvalue weighted by molar-refractivity contribution is 6.13. The van der Waals surface area contributed by atoms with Gasteiger partial charge in [0.1, 0.15) is 5.78 Å². The second kappa shape index (κ2) is 6.47. The maximum absolute atomic E-state index is 13.4. The Morgan fingerprint density at radius 3 is 2.27 bits per heavy atom. The number of allylic oxidation sites excluding steroid dienone is 2. The monoisotopic (exact) mass is 399 g/mol. The van der Waals surface area contributed by atoms with Gasteiger partial charge in [0.05, 0.1) is 5.92 Å². The second-order valence-electron chi connectivity index (χ2n) is 11.0. The lowest BCUT2D eigenvalue weighted by molar-refractivity contribution is -0.124. The normalized spacial score (nSPS) is 27.5. The van der Waals surface area contributed by atoms with Crippen LogP contribution in [-0.4, -0.2) is 17.3 Å². The summed E-state index contributed by atoms with van der Waals surface area (Å²) in [5.74, 6) is -0.111. The summed E-state index contributed by atoms with van der Waals surface area (Å²) in [6.07, 6.45) is 2.68. The lowest BCUT2D eigenvalue weighted by atomic mass is 9.60. The Bertz CT molecular complexity index is 1150. The molecule has 1 aliphatic heterocycles. The molecule has 2 aromatic rings. The smallest absolute Gasteiger partial charge is 0.161 e. The summed E-state index contributed by atoms with van der Waals surface area (Å²) in [5.41, 5.74) is 3.61. The molecule has 0 saturated heterocycles. The van der Waals surface area contributed by atoms with E-state index in [4.69, 9.17) is 4.99 Å². The molecule has 2 atom stereocenters. The molecule has 0 bridgehead atoms. The van der Waals surface area contributed by atoms with Gasteiger partial charge in [-0.05, 0) is 40.0 Å². The Morgan fingerprint density at radius 2 is 1.50 bits per heavy atom. The fourth-order valence-electron chi connectivity index (χ4n) is 5.77. The van der Waals surface area contributed by atoms with Gasteiger partial charge < -0.3 is 0 Å². The topological polar surface area (TPSA) is 46.5 Å². The van der Waals surface area contributed by atoms with Crippen LogP contribution in [0.5, 0.6) is 0 Å². The molecule has 0 aromatic heterocycles.